The lowest BCUT2D eigenvalue weighted by atomic mass is 10.1. The number of hydrazine groups is 1. The second-order valence-corrected chi connectivity index (χ2v) is 3.08. The number of hydrogen-bond acceptors (Lipinski definition) is 4. The molecule has 7 heteroatoms. The molecule has 0 radical (unpaired) electrons. The Hall–Kier alpha value is -2.15. The lowest BCUT2D eigenvalue weighted by Gasteiger charge is -2.00. The summed E-state index contributed by atoms with van der Waals surface area (Å²) in [5.74, 6) is 5.19. The zero-order chi connectivity index (χ0) is 12.0. The molecule has 0 fully saturated rings. The number of guanidine groups is 1. The van der Waals surface area contributed by atoms with Gasteiger partial charge in [0.1, 0.15) is 0 Å². The molecule has 0 aromatic heterocycles. The summed E-state index contributed by atoms with van der Waals surface area (Å²) in [5, 5.41) is 10.4. The molecule has 16 heavy (non-hydrogen) atoms. The normalized spacial score (nSPS) is 11.2. The second kappa shape index (κ2) is 5.66. The van der Waals surface area contributed by atoms with Crippen molar-refractivity contribution in [2.75, 3.05) is 6.54 Å². The van der Waals surface area contributed by atoms with Crippen LogP contribution in [0.1, 0.15) is 5.56 Å². The SMILES string of the molecule is NNC(N)=NCCc1ccc([N+](=O)[O-])cc1. The van der Waals surface area contributed by atoms with Crippen molar-refractivity contribution in [3.05, 3.63) is 39.9 Å². The predicted molar refractivity (Wildman–Crippen MR) is 60.6 cm³/mol. The highest BCUT2D eigenvalue weighted by Crippen LogP contribution is 2.12. The molecule has 0 amide bonds. The molecule has 0 saturated carbocycles. The molecule has 86 valence electrons. The smallest absolute Gasteiger partial charge is 0.269 e. The average molecular weight is 223 g/mol. The number of nitrogens with zero attached hydrogens (tertiary/aromatic N) is 2. The molecular formula is C9H13N5O2. The van der Waals surface area contributed by atoms with E-state index in [1.165, 1.54) is 12.1 Å². The summed E-state index contributed by atoms with van der Waals surface area (Å²) in [7, 11) is 0. The predicted octanol–water partition coefficient (Wildman–Crippen LogP) is -0.0847. The van der Waals surface area contributed by atoms with Gasteiger partial charge >= 0.3 is 0 Å². The highest BCUT2D eigenvalue weighted by atomic mass is 16.6. The summed E-state index contributed by atoms with van der Waals surface area (Å²) in [6.45, 7) is 0.480. The topological polar surface area (TPSA) is 120 Å². The van der Waals surface area contributed by atoms with Crippen LogP contribution in [0.4, 0.5) is 5.69 Å². The van der Waals surface area contributed by atoms with Crippen LogP contribution in [0.15, 0.2) is 29.3 Å². The lowest BCUT2D eigenvalue weighted by molar-refractivity contribution is -0.384. The summed E-state index contributed by atoms with van der Waals surface area (Å²) >= 11 is 0. The minimum Gasteiger partial charge on any atom is -0.369 e. The van der Waals surface area contributed by atoms with Crippen LogP contribution in [-0.4, -0.2) is 17.4 Å². The van der Waals surface area contributed by atoms with Gasteiger partial charge in [-0.2, -0.15) is 0 Å². The second-order valence-electron chi connectivity index (χ2n) is 3.08. The molecule has 0 bridgehead atoms. The van der Waals surface area contributed by atoms with Gasteiger partial charge in [-0.05, 0) is 12.0 Å². The Morgan fingerprint density at radius 2 is 2.06 bits per heavy atom. The standard InChI is InChI=1S/C9H13N5O2/c10-9(13-11)12-6-5-7-1-3-8(4-2-7)14(15)16/h1-4H,5-6,11H2,(H3,10,12,13). The summed E-state index contributed by atoms with van der Waals surface area (Å²) in [4.78, 5) is 13.9. The van der Waals surface area contributed by atoms with Gasteiger partial charge in [0.05, 0.1) is 4.92 Å². The molecule has 0 aliphatic carbocycles. The number of rotatable bonds is 4. The first kappa shape index (κ1) is 11.9. The van der Waals surface area contributed by atoms with Crippen LogP contribution in [0.2, 0.25) is 0 Å². The van der Waals surface area contributed by atoms with E-state index in [-0.39, 0.29) is 11.6 Å². The van der Waals surface area contributed by atoms with Gasteiger partial charge in [-0.25, -0.2) is 5.84 Å². The van der Waals surface area contributed by atoms with Gasteiger partial charge in [0.25, 0.3) is 5.69 Å². The first-order valence-electron chi connectivity index (χ1n) is 4.63. The third kappa shape index (κ3) is 3.54. The number of nitrogens with one attached hydrogen (secondary N) is 1. The molecule has 0 aliphatic rings. The van der Waals surface area contributed by atoms with Crippen LogP contribution < -0.4 is 17.0 Å². The molecule has 5 N–H and O–H groups in total. The summed E-state index contributed by atoms with van der Waals surface area (Å²) in [6.07, 6.45) is 0.653. The molecule has 1 aromatic rings. The van der Waals surface area contributed by atoms with Crippen LogP contribution in [0.25, 0.3) is 0 Å². The van der Waals surface area contributed by atoms with Crippen LogP contribution in [0.5, 0.6) is 0 Å². The molecule has 0 heterocycles. The maximum absolute atomic E-state index is 10.4. The van der Waals surface area contributed by atoms with Gasteiger partial charge in [-0.15, -0.1) is 0 Å². The lowest BCUT2D eigenvalue weighted by Crippen LogP contribution is -2.37. The molecule has 1 aromatic carbocycles. The minimum absolute atomic E-state index is 0.0791. The van der Waals surface area contributed by atoms with Gasteiger partial charge < -0.3 is 5.73 Å². The van der Waals surface area contributed by atoms with E-state index in [2.05, 4.69) is 10.4 Å². The molecular weight excluding hydrogens is 210 g/mol. The summed E-state index contributed by atoms with van der Waals surface area (Å²) < 4.78 is 0. The number of hydrogen-bond donors (Lipinski definition) is 3. The monoisotopic (exact) mass is 223 g/mol. The third-order valence-corrected chi connectivity index (χ3v) is 1.98. The van der Waals surface area contributed by atoms with Crippen molar-refractivity contribution < 1.29 is 4.92 Å². The van der Waals surface area contributed by atoms with Gasteiger partial charge in [-0.3, -0.25) is 20.5 Å². The first-order chi connectivity index (χ1) is 7.63. The Labute approximate surface area is 92.3 Å². The molecule has 1 rings (SSSR count). The summed E-state index contributed by atoms with van der Waals surface area (Å²) in [5.41, 5.74) is 8.58. The highest BCUT2D eigenvalue weighted by molar-refractivity contribution is 5.77. The Morgan fingerprint density at radius 3 is 2.56 bits per heavy atom. The average Bonchev–Trinajstić information content (AvgIpc) is 2.29. The maximum atomic E-state index is 10.4. The fraction of sp³-hybridized carbons (Fsp3) is 0.222. The van der Waals surface area contributed by atoms with E-state index in [9.17, 15) is 10.1 Å². The first-order valence-corrected chi connectivity index (χ1v) is 4.63. The quantitative estimate of drug-likeness (QED) is 0.217. The van der Waals surface area contributed by atoms with Crippen molar-refractivity contribution in [1.29, 1.82) is 0 Å². The molecule has 0 unspecified atom stereocenters. The summed E-state index contributed by atoms with van der Waals surface area (Å²) in [6, 6.07) is 6.31. The van der Waals surface area contributed by atoms with Crippen molar-refractivity contribution in [2.24, 2.45) is 16.6 Å². The van der Waals surface area contributed by atoms with Crippen molar-refractivity contribution in [3.63, 3.8) is 0 Å². The van der Waals surface area contributed by atoms with E-state index >= 15 is 0 Å². The van der Waals surface area contributed by atoms with E-state index < -0.39 is 4.92 Å². The Morgan fingerprint density at radius 1 is 1.44 bits per heavy atom. The van der Waals surface area contributed by atoms with Crippen molar-refractivity contribution in [3.8, 4) is 0 Å². The number of non-ortho nitro benzene ring substituents is 1. The largest absolute Gasteiger partial charge is 0.369 e. The van der Waals surface area contributed by atoms with Gasteiger partial charge in [0, 0.05) is 18.7 Å². The number of nitro groups is 1. The fourth-order valence-electron chi connectivity index (χ4n) is 1.14. The van der Waals surface area contributed by atoms with Crippen molar-refractivity contribution in [2.45, 2.75) is 6.42 Å². The molecule has 0 saturated heterocycles. The minimum atomic E-state index is -0.432. The fourth-order valence-corrected chi connectivity index (χ4v) is 1.14. The van der Waals surface area contributed by atoms with E-state index in [1.807, 2.05) is 0 Å². The number of aliphatic imine (C=N–C) groups is 1. The molecule has 0 aliphatic heterocycles. The van der Waals surface area contributed by atoms with Crippen LogP contribution in [0.3, 0.4) is 0 Å². The molecule has 0 spiro atoms. The Kier molecular flexibility index (Phi) is 4.22. The van der Waals surface area contributed by atoms with E-state index in [1.54, 1.807) is 12.1 Å². The van der Waals surface area contributed by atoms with Crippen LogP contribution in [-0.2, 0) is 6.42 Å². The van der Waals surface area contributed by atoms with E-state index in [4.69, 9.17) is 11.6 Å². The van der Waals surface area contributed by atoms with Crippen molar-refractivity contribution in [1.82, 2.24) is 5.43 Å². The Balaban J connectivity index is 2.53. The highest BCUT2D eigenvalue weighted by Gasteiger charge is 2.03. The van der Waals surface area contributed by atoms with Gasteiger partial charge in [-0.1, -0.05) is 12.1 Å². The molecule has 0 atom stereocenters. The van der Waals surface area contributed by atoms with Crippen molar-refractivity contribution >= 4 is 11.6 Å². The number of nitrogens with two attached hydrogens (primary N) is 2. The van der Waals surface area contributed by atoms with E-state index in [0.29, 0.717) is 13.0 Å². The van der Waals surface area contributed by atoms with Crippen LogP contribution in [0, 0.1) is 10.1 Å². The van der Waals surface area contributed by atoms with Crippen LogP contribution >= 0.6 is 0 Å². The zero-order valence-electron chi connectivity index (χ0n) is 8.59. The number of nitro benzene ring substituents is 1. The Bertz CT molecular complexity index is 387. The third-order valence-electron chi connectivity index (χ3n) is 1.98. The van der Waals surface area contributed by atoms with Gasteiger partial charge in [0.15, 0.2) is 0 Å². The van der Waals surface area contributed by atoms with Gasteiger partial charge in [0.2, 0.25) is 5.96 Å². The number of benzene rings is 1. The zero-order valence-corrected chi connectivity index (χ0v) is 8.59. The molecule has 7 nitrogen and oxygen atoms in total. The maximum Gasteiger partial charge on any atom is 0.269 e. The van der Waals surface area contributed by atoms with E-state index in [0.717, 1.165) is 5.56 Å².